The van der Waals surface area contributed by atoms with Crippen molar-refractivity contribution in [3.8, 4) is 0 Å². The summed E-state index contributed by atoms with van der Waals surface area (Å²) in [5.74, 6) is -0.821. The maximum absolute atomic E-state index is 12.1. The lowest BCUT2D eigenvalue weighted by Crippen LogP contribution is -2.34. The van der Waals surface area contributed by atoms with Crippen molar-refractivity contribution < 1.29 is 9.59 Å². The number of thiocarbonyl (C=S) groups is 1. The van der Waals surface area contributed by atoms with Gasteiger partial charge < -0.3 is 11.1 Å². The Balaban J connectivity index is 1.79. The second-order valence-corrected chi connectivity index (χ2v) is 8.23. The first kappa shape index (κ1) is 19.2. The summed E-state index contributed by atoms with van der Waals surface area (Å²) < 4.78 is 0. The Morgan fingerprint density at radius 2 is 1.89 bits per heavy atom. The van der Waals surface area contributed by atoms with E-state index in [0.29, 0.717) is 21.9 Å². The third-order valence-electron chi connectivity index (χ3n) is 3.90. The number of hydrogen-bond acceptors (Lipinski definition) is 5. The summed E-state index contributed by atoms with van der Waals surface area (Å²) in [6.07, 6.45) is 0.688. The van der Waals surface area contributed by atoms with Gasteiger partial charge in [0.2, 0.25) is 0 Å². The topological polar surface area (TPSA) is 84.2 Å². The minimum Gasteiger partial charge on any atom is -0.365 e. The lowest BCUT2D eigenvalue weighted by atomic mass is 10.1. The first-order valence-electron chi connectivity index (χ1n) is 8.07. The summed E-state index contributed by atoms with van der Waals surface area (Å²) in [6, 6.07) is 13.5. The SMILES string of the molecule is Cc1c(Cc2ccccc2)sc(NC(=S)NC(=O)c2cccs2)c1C(N)=O. The standard InChI is InChI=1S/C19H17N3O2S3/c1-11-14(10-12-6-3-2-4-7-12)27-18(15(11)16(20)23)22-19(25)21-17(24)13-8-5-9-26-13/h2-9H,10H2,1H3,(H2,20,23)(H2,21,22,24,25). The van der Waals surface area contributed by atoms with Crippen molar-refractivity contribution in [2.24, 2.45) is 5.73 Å². The van der Waals surface area contributed by atoms with E-state index in [9.17, 15) is 9.59 Å². The minimum absolute atomic E-state index is 0.128. The number of nitrogens with one attached hydrogen (secondary N) is 2. The van der Waals surface area contributed by atoms with Crippen LogP contribution in [-0.4, -0.2) is 16.9 Å². The molecule has 0 saturated carbocycles. The van der Waals surface area contributed by atoms with E-state index in [2.05, 4.69) is 10.6 Å². The quantitative estimate of drug-likeness (QED) is 0.551. The first-order valence-corrected chi connectivity index (χ1v) is 10.2. The molecule has 0 unspecified atom stereocenters. The molecule has 0 aliphatic carbocycles. The van der Waals surface area contributed by atoms with Crippen LogP contribution in [0, 0.1) is 6.92 Å². The van der Waals surface area contributed by atoms with E-state index < -0.39 is 5.91 Å². The minimum atomic E-state index is -0.530. The van der Waals surface area contributed by atoms with E-state index in [1.54, 1.807) is 12.1 Å². The fraction of sp³-hybridized carbons (Fsp3) is 0.105. The van der Waals surface area contributed by atoms with Crippen LogP contribution in [0.25, 0.3) is 0 Å². The molecule has 0 saturated heterocycles. The van der Waals surface area contributed by atoms with Gasteiger partial charge >= 0.3 is 0 Å². The molecule has 3 rings (SSSR count). The average molecular weight is 416 g/mol. The number of nitrogens with two attached hydrogens (primary N) is 1. The molecule has 0 aliphatic rings. The monoisotopic (exact) mass is 415 g/mol. The maximum atomic E-state index is 12.1. The van der Waals surface area contributed by atoms with E-state index in [1.807, 2.05) is 42.6 Å². The van der Waals surface area contributed by atoms with Crippen LogP contribution in [0.1, 0.15) is 36.0 Å². The summed E-state index contributed by atoms with van der Waals surface area (Å²) in [4.78, 5) is 25.7. The van der Waals surface area contributed by atoms with Crippen LogP contribution < -0.4 is 16.4 Å². The summed E-state index contributed by atoms with van der Waals surface area (Å²) in [7, 11) is 0. The molecule has 8 heteroatoms. The molecule has 0 bridgehead atoms. The van der Waals surface area contributed by atoms with Gasteiger partial charge in [0.25, 0.3) is 11.8 Å². The van der Waals surface area contributed by atoms with E-state index in [0.717, 1.165) is 16.0 Å². The van der Waals surface area contributed by atoms with Crippen LogP contribution in [-0.2, 0) is 6.42 Å². The summed E-state index contributed by atoms with van der Waals surface area (Å²) in [5, 5.41) is 8.06. The van der Waals surface area contributed by atoms with Gasteiger partial charge in [0.15, 0.2) is 5.11 Å². The summed E-state index contributed by atoms with van der Waals surface area (Å²) in [6.45, 7) is 1.87. The second kappa shape index (κ2) is 8.43. The number of primary amides is 1. The highest BCUT2D eigenvalue weighted by molar-refractivity contribution is 7.80. The van der Waals surface area contributed by atoms with Gasteiger partial charge in [0.05, 0.1) is 10.4 Å². The van der Waals surface area contributed by atoms with Crippen molar-refractivity contribution in [1.29, 1.82) is 0 Å². The Labute approximate surface area is 170 Å². The molecule has 0 fully saturated rings. The molecule has 138 valence electrons. The molecule has 0 spiro atoms. The highest BCUT2D eigenvalue weighted by atomic mass is 32.1. The molecule has 0 radical (unpaired) electrons. The van der Waals surface area contributed by atoms with Gasteiger partial charge in [0, 0.05) is 11.3 Å². The van der Waals surface area contributed by atoms with Gasteiger partial charge in [-0.15, -0.1) is 22.7 Å². The Hall–Kier alpha value is -2.55. The van der Waals surface area contributed by atoms with Crippen LogP contribution in [0.15, 0.2) is 47.8 Å². The number of thiophene rings is 2. The third kappa shape index (κ3) is 4.60. The molecule has 2 aromatic heterocycles. The van der Waals surface area contributed by atoms with Gasteiger partial charge in [-0.2, -0.15) is 0 Å². The molecular formula is C19H17N3O2S3. The zero-order valence-electron chi connectivity index (χ0n) is 14.4. The first-order chi connectivity index (χ1) is 13.0. The normalized spacial score (nSPS) is 10.4. The smallest absolute Gasteiger partial charge is 0.267 e. The average Bonchev–Trinajstić information content (AvgIpc) is 3.25. The zero-order chi connectivity index (χ0) is 19.4. The molecule has 2 heterocycles. The van der Waals surface area contributed by atoms with E-state index in [1.165, 1.54) is 22.7 Å². The number of hydrogen-bond donors (Lipinski definition) is 3. The molecule has 3 aromatic rings. The maximum Gasteiger partial charge on any atom is 0.267 e. The molecular weight excluding hydrogens is 398 g/mol. The molecule has 27 heavy (non-hydrogen) atoms. The molecule has 1 aromatic carbocycles. The molecule has 5 nitrogen and oxygen atoms in total. The van der Waals surface area contributed by atoms with Gasteiger partial charge in [-0.05, 0) is 41.7 Å². The number of rotatable bonds is 5. The van der Waals surface area contributed by atoms with Gasteiger partial charge in [0.1, 0.15) is 5.00 Å². The number of carbonyl (C=O) groups excluding carboxylic acids is 2. The number of amides is 2. The zero-order valence-corrected chi connectivity index (χ0v) is 16.9. The van der Waals surface area contributed by atoms with Crippen molar-refractivity contribution >= 4 is 56.8 Å². The molecule has 0 aliphatic heterocycles. The van der Waals surface area contributed by atoms with Crippen molar-refractivity contribution in [1.82, 2.24) is 5.32 Å². The third-order valence-corrected chi connectivity index (χ3v) is 6.18. The molecule has 2 amide bonds. The highest BCUT2D eigenvalue weighted by Crippen LogP contribution is 2.34. The van der Waals surface area contributed by atoms with Crippen LogP contribution in [0.4, 0.5) is 5.00 Å². The molecule has 4 N–H and O–H groups in total. The number of anilines is 1. The van der Waals surface area contributed by atoms with Crippen molar-refractivity contribution in [2.45, 2.75) is 13.3 Å². The van der Waals surface area contributed by atoms with E-state index >= 15 is 0 Å². The van der Waals surface area contributed by atoms with Crippen LogP contribution in [0.2, 0.25) is 0 Å². The second-order valence-electron chi connectivity index (χ2n) is 5.77. The lowest BCUT2D eigenvalue weighted by molar-refractivity contribution is 0.0979. The Morgan fingerprint density at radius 1 is 1.15 bits per heavy atom. The summed E-state index contributed by atoms with van der Waals surface area (Å²) >= 11 is 7.97. The molecule has 0 atom stereocenters. The van der Waals surface area contributed by atoms with Crippen LogP contribution in [0.5, 0.6) is 0 Å². The van der Waals surface area contributed by atoms with Gasteiger partial charge in [-0.1, -0.05) is 36.4 Å². The van der Waals surface area contributed by atoms with Gasteiger partial charge in [-0.25, -0.2) is 0 Å². The van der Waals surface area contributed by atoms with E-state index in [-0.39, 0.29) is 11.0 Å². The van der Waals surface area contributed by atoms with Crippen molar-refractivity contribution in [3.05, 3.63) is 74.3 Å². The highest BCUT2D eigenvalue weighted by Gasteiger charge is 2.20. The number of benzene rings is 1. The predicted octanol–water partition coefficient (Wildman–Crippen LogP) is 3.93. The fourth-order valence-electron chi connectivity index (χ4n) is 2.60. The Bertz CT molecular complexity index is 979. The van der Waals surface area contributed by atoms with Crippen LogP contribution >= 0.6 is 34.9 Å². The van der Waals surface area contributed by atoms with Gasteiger partial charge in [-0.3, -0.25) is 14.9 Å². The Kier molecular flexibility index (Phi) is 6.00. The van der Waals surface area contributed by atoms with Crippen molar-refractivity contribution in [2.75, 3.05) is 5.32 Å². The lowest BCUT2D eigenvalue weighted by Gasteiger charge is -2.08. The Morgan fingerprint density at radius 3 is 2.52 bits per heavy atom. The fourth-order valence-corrected chi connectivity index (χ4v) is 4.73. The van der Waals surface area contributed by atoms with Crippen LogP contribution in [0.3, 0.4) is 0 Å². The number of carbonyl (C=O) groups is 2. The van der Waals surface area contributed by atoms with Crippen molar-refractivity contribution in [3.63, 3.8) is 0 Å². The van der Waals surface area contributed by atoms with E-state index in [4.69, 9.17) is 18.0 Å². The largest absolute Gasteiger partial charge is 0.365 e. The summed E-state index contributed by atoms with van der Waals surface area (Å²) in [5.41, 5.74) is 7.94. The predicted molar refractivity (Wildman–Crippen MR) is 115 cm³/mol.